The standard InChI is InChI=1S/C35H51F4NO4SSi/c1-33(2,3)46(7,8)44-27-22-34(4,5)21-26-28(27)30-29(31(40-26)23-13-17-41-18-14-23)32(43-35(30)15-19-42-20-16-35)24-9-11-25(12-10-24)45(6,36,37,38)39/h9-12,23,27,32H,13-22H2,1-8H3. The number of hydrogen-bond donors (Lipinski definition) is 0. The molecular weight excluding hydrogens is 635 g/mol. The van der Waals surface area contributed by atoms with Crippen molar-refractivity contribution >= 4 is 18.2 Å². The summed E-state index contributed by atoms with van der Waals surface area (Å²) >= 11 is 0. The van der Waals surface area contributed by atoms with Gasteiger partial charge in [-0.1, -0.05) is 46.8 Å². The van der Waals surface area contributed by atoms with E-state index >= 15 is 0 Å². The summed E-state index contributed by atoms with van der Waals surface area (Å²) in [7, 11) is -10.6. The summed E-state index contributed by atoms with van der Waals surface area (Å²) in [6.07, 6.45) is 3.47. The van der Waals surface area contributed by atoms with E-state index in [1.165, 1.54) is 12.1 Å². The van der Waals surface area contributed by atoms with E-state index in [9.17, 15) is 15.5 Å². The number of hydrogen-bond acceptors (Lipinski definition) is 5. The third-order valence-corrected chi connectivity index (χ3v) is 17.0. The summed E-state index contributed by atoms with van der Waals surface area (Å²) in [5, 5.41) is -0.00371. The molecule has 1 spiro atoms. The number of nitrogens with zero attached hydrogens (tertiary/aromatic N) is 1. The highest BCUT2D eigenvalue weighted by molar-refractivity contribution is 8.49. The van der Waals surface area contributed by atoms with E-state index in [0.717, 1.165) is 65.9 Å². The molecule has 1 aromatic heterocycles. The Kier molecular flexibility index (Phi) is 7.84. The molecule has 2 saturated heterocycles. The van der Waals surface area contributed by atoms with Gasteiger partial charge in [0.2, 0.25) is 0 Å². The summed E-state index contributed by atoms with van der Waals surface area (Å²) in [5.74, 6) is 0.132. The summed E-state index contributed by atoms with van der Waals surface area (Å²) in [6, 6.07) is 4.54. The first-order chi connectivity index (χ1) is 21.0. The van der Waals surface area contributed by atoms with Gasteiger partial charge in [-0.25, -0.2) is 0 Å². The lowest BCUT2D eigenvalue weighted by molar-refractivity contribution is -0.122. The average Bonchev–Trinajstić information content (AvgIpc) is 3.24. The van der Waals surface area contributed by atoms with Crippen LogP contribution in [0.5, 0.6) is 0 Å². The largest absolute Gasteiger partial charge is 0.410 e. The van der Waals surface area contributed by atoms with E-state index in [-0.39, 0.29) is 28.7 Å². The third-order valence-electron chi connectivity index (χ3n) is 11.1. The van der Waals surface area contributed by atoms with Crippen molar-refractivity contribution in [3.05, 3.63) is 57.9 Å². The predicted octanol–water partition coefficient (Wildman–Crippen LogP) is 10.5. The fourth-order valence-corrected chi connectivity index (χ4v) is 9.68. The fraction of sp³-hybridized carbons (Fsp3) is 0.686. The zero-order valence-electron chi connectivity index (χ0n) is 28.6. The molecule has 1 aromatic carbocycles. The number of halogens is 4. The number of aromatic nitrogens is 1. The molecule has 0 amide bonds. The van der Waals surface area contributed by atoms with E-state index in [0.29, 0.717) is 44.8 Å². The van der Waals surface area contributed by atoms with Crippen LogP contribution in [0.2, 0.25) is 18.1 Å². The third kappa shape index (κ3) is 6.33. The number of ether oxygens (including phenoxy) is 3. The minimum Gasteiger partial charge on any atom is -0.410 e. The molecule has 2 aromatic rings. The minimum atomic E-state index is -8.34. The molecule has 46 heavy (non-hydrogen) atoms. The van der Waals surface area contributed by atoms with E-state index in [2.05, 4.69) is 47.7 Å². The van der Waals surface area contributed by atoms with Crippen LogP contribution in [0, 0.1) is 5.41 Å². The lowest BCUT2D eigenvalue weighted by Gasteiger charge is -2.46. The number of rotatable bonds is 5. The molecule has 5 nitrogen and oxygen atoms in total. The van der Waals surface area contributed by atoms with Crippen molar-refractivity contribution in [2.75, 3.05) is 32.7 Å². The lowest BCUT2D eigenvalue weighted by Crippen LogP contribution is -2.45. The Morgan fingerprint density at radius 2 is 1.50 bits per heavy atom. The van der Waals surface area contributed by atoms with Gasteiger partial charge < -0.3 is 18.6 Å². The van der Waals surface area contributed by atoms with Crippen LogP contribution in [-0.4, -0.2) is 46.0 Å². The molecule has 4 heterocycles. The average molecular weight is 686 g/mol. The Morgan fingerprint density at radius 3 is 2.07 bits per heavy atom. The molecule has 258 valence electrons. The normalized spacial score (nSPS) is 26.7. The highest BCUT2D eigenvalue weighted by Gasteiger charge is 2.59. The molecule has 0 N–H and O–H groups in total. The molecule has 0 saturated carbocycles. The van der Waals surface area contributed by atoms with Crippen molar-refractivity contribution < 1.29 is 34.2 Å². The van der Waals surface area contributed by atoms with E-state index < -0.39 is 34.8 Å². The first-order valence-corrected chi connectivity index (χ1v) is 22.0. The summed E-state index contributed by atoms with van der Waals surface area (Å²) in [6.45, 7) is 18.2. The molecule has 2 atom stereocenters. The maximum atomic E-state index is 14.4. The van der Waals surface area contributed by atoms with Gasteiger partial charge in [-0.2, -0.15) is 0 Å². The van der Waals surface area contributed by atoms with Crippen LogP contribution < -0.4 is 0 Å². The first kappa shape index (κ1) is 34.4. The van der Waals surface area contributed by atoms with Gasteiger partial charge in [0.05, 0.1) is 28.6 Å². The van der Waals surface area contributed by atoms with Crippen LogP contribution in [0.4, 0.5) is 15.5 Å². The SMILES string of the molecule is CC1(C)Cc2nc(C3CCOCC3)c3c(c2C(O[Si](C)(C)C(C)(C)C)C1)C1(CCOCC1)OC3c1ccc(S(C)(F)(F)(F)F)cc1. The van der Waals surface area contributed by atoms with Crippen LogP contribution in [0.15, 0.2) is 29.2 Å². The van der Waals surface area contributed by atoms with Gasteiger partial charge in [-0.05, 0) is 72.5 Å². The Bertz CT molecular complexity index is 1490. The molecule has 2 unspecified atom stereocenters. The number of benzene rings is 1. The Morgan fingerprint density at radius 1 is 0.913 bits per heavy atom. The van der Waals surface area contributed by atoms with Crippen molar-refractivity contribution in [2.45, 2.75) is 120 Å². The van der Waals surface area contributed by atoms with Crippen LogP contribution in [0.3, 0.4) is 0 Å². The Labute approximate surface area is 272 Å². The molecule has 6 rings (SSSR count). The second-order valence-electron chi connectivity index (χ2n) is 16.6. The number of pyridine rings is 1. The molecule has 1 aliphatic carbocycles. The molecule has 4 aliphatic rings. The minimum absolute atomic E-state index is 0.00371. The zero-order chi connectivity index (χ0) is 33.6. The summed E-state index contributed by atoms with van der Waals surface area (Å²) < 4.78 is 83.6. The van der Waals surface area contributed by atoms with Gasteiger partial charge in [0.25, 0.3) is 0 Å². The maximum Gasteiger partial charge on any atom is 0.192 e. The predicted molar refractivity (Wildman–Crippen MR) is 177 cm³/mol. The summed E-state index contributed by atoms with van der Waals surface area (Å²) in [4.78, 5) is 4.28. The van der Waals surface area contributed by atoms with Crippen LogP contribution >= 0.6 is 9.84 Å². The molecule has 3 aliphatic heterocycles. The zero-order valence-corrected chi connectivity index (χ0v) is 30.4. The Balaban J connectivity index is 1.60. The van der Waals surface area contributed by atoms with Crippen LogP contribution in [-0.2, 0) is 30.7 Å². The lowest BCUT2D eigenvalue weighted by atomic mass is 9.69. The van der Waals surface area contributed by atoms with Gasteiger partial charge >= 0.3 is 0 Å². The monoisotopic (exact) mass is 685 g/mol. The highest BCUT2D eigenvalue weighted by atomic mass is 32.5. The summed E-state index contributed by atoms with van der Waals surface area (Å²) in [5.41, 5.74) is 5.07. The molecule has 0 bridgehead atoms. The quantitative estimate of drug-likeness (QED) is 0.232. The van der Waals surface area contributed by atoms with Gasteiger partial charge in [-0.3, -0.25) is 4.98 Å². The Hall–Kier alpha value is -1.50. The van der Waals surface area contributed by atoms with E-state index in [1.807, 2.05) is 0 Å². The van der Waals surface area contributed by atoms with E-state index in [1.54, 1.807) is 0 Å². The van der Waals surface area contributed by atoms with Crippen molar-refractivity contribution in [1.82, 2.24) is 4.98 Å². The topological polar surface area (TPSA) is 49.8 Å². The van der Waals surface area contributed by atoms with Crippen molar-refractivity contribution in [3.8, 4) is 0 Å². The van der Waals surface area contributed by atoms with Crippen molar-refractivity contribution in [2.24, 2.45) is 5.41 Å². The highest BCUT2D eigenvalue weighted by Crippen LogP contribution is 2.98. The van der Waals surface area contributed by atoms with Gasteiger partial charge in [-0.15, -0.1) is 15.5 Å². The fourth-order valence-electron chi connectivity index (χ4n) is 7.60. The van der Waals surface area contributed by atoms with Gasteiger partial charge in [0.15, 0.2) is 18.2 Å². The van der Waals surface area contributed by atoms with Crippen LogP contribution in [0.1, 0.15) is 118 Å². The first-order valence-electron chi connectivity index (χ1n) is 16.7. The smallest absolute Gasteiger partial charge is 0.192 e. The molecule has 0 radical (unpaired) electrons. The molecule has 11 heteroatoms. The number of fused-ring (bicyclic) bond motifs is 4. The van der Waals surface area contributed by atoms with Crippen molar-refractivity contribution in [3.63, 3.8) is 0 Å². The van der Waals surface area contributed by atoms with Gasteiger partial charge in [0, 0.05) is 62.0 Å². The van der Waals surface area contributed by atoms with E-state index in [4.69, 9.17) is 23.6 Å². The second kappa shape index (κ2) is 10.5. The van der Waals surface area contributed by atoms with Crippen molar-refractivity contribution in [1.29, 1.82) is 0 Å². The van der Waals surface area contributed by atoms with Gasteiger partial charge in [0.1, 0.15) is 6.10 Å². The van der Waals surface area contributed by atoms with Crippen LogP contribution in [0.25, 0.3) is 0 Å². The molecule has 2 fully saturated rings. The maximum absolute atomic E-state index is 14.4. The second-order valence-corrected chi connectivity index (χ2v) is 24.8. The molecular formula is C35H51F4NO4SSi.